The smallest absolute Gasteiger partial charge is 0.416 e. The largest absolute Gasteiger partial charge is 0.454 e. The van der Waals surface area contributed by atoms with E-state index < -0.39 is 23.6 Å². The predicted molar refractivity (Wildman–Crippen MR) is 146 cm³/mol. The number of nitrogens with zero attached hydrogens (tertiary/aromatic N) is 1. The molecule has 2 aliphatic rings. The van der Waals surface area contributed by atoms with Gasteiger partial charge in [0.25, 0.3) is 0 Å². The summed E-state index contributed by atoms with van der Waals surface area (Å²) in [6.07, 6.45) is -0.0218. The summed E-state index contributed by atoms with van der Waals surface area (Å²) in [6, 6.07) is 9.06. The third-order valence-electron chi connectivity index (χ3n) is 6.58. The average Bonchev–Trinajstić information content (AvgIpc) is 3.76. The van der Waals surface area contributed by atoms with Crippen molar-refractivity contribution in [3.8, 4) is 11.5 Å². The minimum Gasteiger partial charge on any atom is -0.454 e. The van der Waals surface area contributed by atoms with Crippen molar-refractivity contribution < 1.29 is 31.9 Å². The zero-order valence-electron chi connectivity index (χ0n) is 21.8. The Morgan fingerprint density at radius 3 is 2.32 bits per heavy atom. The van der Waals surface area contributed by atoms with E-state index in [2.05, 4.69) is 31.6 Å². The van der Waals surface area contributed by atoms with Crippen molar-refractivity contribution in [1.82, 2.24) is 10.3 Å². The third kappa shape index (κ3) is 7.84. The molecule has 1 saturated carbocycles. The quantitative estimate of drug-likeness (QED) is 0.206. The zero-order chi connectivity index (χ0) is 29.0. The van der Waals surface area contributed by atoms with Gasteiger partial charge in [0.1, 0.15) is 11.6 Å². The fourth-order valence-corrected chi connectivity index (χ4v) is 4.35. The summed E-state index contributed by atoms with van der Waals surface area (Å²) < 4.78 is 60.9. The lowest BCUT2D eigenvalue weighted by atomic mass is 10.1. The monoisotopic (exact) mass is 572 g/mol. The Bertz CT molecular complexity index is 1420. The maximum atomic E-state index is 14.8. The molecule has 1 saturated heterocycles. The van der Waals surface area contributed by atoms with E-state index in [4.69, 9.17) is 4.74 Å². The van der Waals surface area contributed by atoms with Gasteiger partial charge < -0.3 is 31.3 Å². The molecule has 3 amide bonds. The number of hydrogen-bond acceptors (Lipinski definition) is 6. The molecule has 2 heterocycles. The molecular weight excluding hydrogens is 544 g/mol. The molecular formula is C28H28F4N6O3. The average molecular weight is 573 g/mol. The first kappa shape index (κ1) is 28.1. The van der Waals surface area contributed by atoms with Crippen LogP contribution in [-0.4, -0.2) is 36.1 Å². The molecule has 0 spiro atoms. The number of halogens is 4. The van der Waals surface area contributed by atoms with E-state index in [1.807, 2.05) is 0 Å². The Labute approximate surface area is 233 Å². The van der Waals surface area contributed by atoms with Gasteiger partial charge >= 0.3 is 12.2 Å². The lowest BCUT2D eigenvalue weighted by molar-refractivity contribution is -0.137. The van der Waals surface area contributed by atoms with Crippen LogP contribution in [0.3, 0.4) is 0 Å². The van der Waals surface area contributed by atoms with Gasteiger partial charge in [0.15, 0.2) is 11.6 Å². The van der Waals surface area contributed by atoms with Crippen LogP contribution in [0, 0.1) is 11.7 Å². The molecule has 2 aromatic carbocycles. The Morgan fingerprint density at radius 2 is 1.61 bits per heavy atom. The van der Waals surface area contributed by atoms with Crippen LogP contribution in [0.2, 0.25) is 0 Å². The van der Waals surface area contributed by atoms with Gasteiger partial charge in [0, 0.05) is 47.4 Å². The summed E-state index contributed by atoms with van der Waals surface area (Å²) in [5.41, 5.74) is -0.692. The number of carbonyl (C=O) groups excluding carboxylic acids is 2. The van der Waals surface area contributed by atoms with Gasteiger partial charge in [-0.05, 0) is 75.2 Å². The molecule has 0 atom stereocenters. The van der Waals surface area contributed by atoms with Crippen molar-refractivity contribution in [2.45, 2.75) is 37.9 Å². The van der Waals surface area contributed by atoms with Crippen LogP contribution in [0.15, 0.2) is 54.7 Å². The molecule has 216 valence electrons. The Balaban J connectivity index is 1.22. The standard InChI is InChI=1S/C28H28F4N6O3/c29-23-14-19(3-4-24(23)41-22-7-10-34-25(15-22)38-26(39)16-1-2-16)36-27(40)37-21-12-17(28(30,31)32)11-20(13-21)35-18-5-8-33-9-6-18/h3-4,7,10-16,18,33,35H,1-2,5-6,8-9H2,(H,34,38,39)(H2,36,37,40). The number of benzene rings is 2. The van der Waals surface area contributed by atoms with Crippen molar-refractivity contribution in [2.75, 3.05) is 34.4 Å². The molecule has 1 aromatic heterocycles. The highest BCUT2D eigenvalue weighted by Crippen LogP contribution is 2.34. The minimum absolute atomic E-state index is 0.00495. The molecule has 0 unspecified atom stereocenters. The van der Waals surface area contributed by atoms with E-state index in [1.54, 1.807) is 0 Å². The summed E-state index contributed by atoms with van der Waals surface area (Å²) >= 11 is 0. The topological polar surface area (TPSA) is 116 Å². The first-order valence-electron chi connectivity index (χ1n) is 13.1. The highest BCUT2D eigenvalue weighted by molar-refractivity contribution is 6.00. The fourth-order valence-electron chi connectivity index (χ4n) is 4.35. The number of hydrogen-bond donors (Lipinski definition) is 5. The van der Waals surface area contributed by atoms with Crippen molar-refractivity contribution in [3.05, 3.63) is 66.1 Å². The van der Waals surface area contributed by atoms with Crippen LogP contribution in [0.5, 0.6) is 11.5 Å². The van der Waals surface area contributed by atoms with Gasteiger partial charge in [-0.1, -0.05) is 0 Å². The number of carbonyl (C=O) groups is 2. The van der Waals surface area contributed by atoms with Crippen LogP contribution in [0.1, 0.15) is 31.2 Å². The molecule has 9 nitrogen and oxygen atoms in total. The van der Waals surface area contributed by atoms with Crippen LogP contribution in [0.4, 0.5) is 45.2 Å². The molecule has 0 bridgehead atoms. The second-order valence-electron chi connectivity index (χ2n) is 9.93. The van der Waals surface area contributed by atoms with E-state index >= 15 is 0 Å². The fraction of sp³-hybridized carbons (Fsp3) is 0.321. The van der Waals surface area contributed by atoms with Gasteiger partial charge in [-0.25, -0.2) is 14.2 Å². The normalized spacial score (nSPS) is 15.6. The maximum Gasteiger partial charge on any atom is 0.416 e. The number of ether oxygens (including phenoxy) is 1. The van der Waals surface area contributed by atoms with Gasteiger partial charge in [-0.3, -0.25) is 4.79 Å². The lowest BCUT2D eigenvalue weighted by Gasteiger charge is -2.25. The van der Waals surface area contributed by atoms with Crippen LogP contribution < -0.4 is 31.3 Å². The van der Waals surface area contributed by atoms with Gasteiger partial charge in [0.2, 0.25) is 5.91 Å². The molecule has 13 heteroatoms. The van der Waals surface area contributed by atoms with Crippen molar-refractivity contribution in [3.63, 3.8) is 0 Å². The van der Waals surface area contributed by atoms with E-state index in [1.165, 1.54) is 36.5 Å². The molecule has 0 radical (unpaired) electrons. The van der Waals surface area contributed by atoms with Crippen LogP contribution >= 0.6 is 0 Å². The van der Waals surface area contributed by atoms with E-state index in [0.717, 1.165) is 57.0 Å². The molecule has 5 N–H and O–H groups in total. The second kappa shape index (κ2) is 12.0. The molecule has 2 fully saturated rings. The highest BCUT2D eigenvalue weighted by Gasteiger charge is 2.32. The lowest BCUT2D eigenvalue weighted by Crippen LogP contribution is -2.35. The Morgan fingerprint density at radius 1 is 0.878 bits per heavy atom. The number of nitrogens with one attached hydrogen (secondary N) is 5. The minimum atomic E-state index is -4.62. The molecule has 5 rings (SSSR count). The first-order chi connectivity index (χ1) is 19.6. The molecule has 41 heavy (non-hydrogen) atoms. The van der Waals surface area contributed by atoms with Crippen molar-refractivity contribution in [1.29, 1.82) is 0 Å². The molecule has 1 aliphatic carbocycles. The number of pyridine rings is 1. The van der Waals surface area contributed by atoms with E-state index in [9.17, 15) is 27.2 Å². The van der Waals surface area contributed by atoms with Crippen LogP contribution in [0.25, 0.3) is 0 Å². The maximum absolute atomic E-state index is 14.8. The second-order valence-corrected chi connectivity index (χ2v) is 9.93. The number of aromatic nitrogens is 1. The van der Waals surface area contributed by atoms with E-state index in [-0.39, 0.29) is 52.2 Å². The van der Waals surface area contributed by atoms with Crippen molar-refractivity contribution in [2.24, 2.45) is 5.92 Å². The number of piperidine rings is 1. The summed E-state index contributed by atoms with van der Waals surface area (Å²) in [4.78, 5) is 28.6. The Hall–Kier alpha value is -4.39. The van der Waals surface area contributed by atoms with Gasteiger partial charge in [-0.15, -0.1) is 0 Å². The summed E-state index contributed by atoms with van der Waals surface area (Å²) in [6.45, 7) is 1.51. The van der Waals surface area contributed by atoms with Gasteiger partial charge in [0.05, 0.1) is 5.56 Å². The zero-order valence-corrected chi connectivity index (χ0v) is 21.8. The molecule has 3 aromatic rings. The summed E-state index contributed by atoms with van der Waals surface area (Å²) in [7, 11) is 0. The molecule has 1 aliphatic heterocycles. The third-order valence-corrected chi connectivity index (χ3v) is 6.58. The number of rotatable bonds is 8. The first-order valence-corrected chi connectivity index (χ1v) is 13.1. The summed E-state index contributed by atoms with van der Waals surface area (Å²) in [5, 5.41) is 13.8. The van der Waals surface area contributed by atoms with E-state index in [0.29, 0.717) is 0 Å². The van der Waals surface area contributed by atoms with Crippen LogP contribution in [-0.2, 0) is 11.0 Å². The summed E-state index contributed by atoms with van der Waals surface area (Å²) in [5.74, 6) is -0.569. The van der Waals surface area contributed by atoms with Crippen molar-refractivity contribution >= 4 is 34.8 Å². The SMILES string of the molecule is O=C(Nc1cc(NC2CCNCC2)cc(C(F)(F)F)c1)Nc1ccc(Oc2ccnc(NC(=O)C3CC3)c2)c(F)c1. The number of urea groups is 1. The Kier molecular flexibility index (Phi) is 8.24. The number of anilines is 4. The number of amides is 3. The number of alkyl halides is 3. The highest BCUT2D eigenvalue weighted by atomic mass is 19.4. The predicted octanol–water partition coefficient (Wildman–Crippen LogP) is 6.19. The van der Waals surface area contributed by atoms with Gasteiger partial charge in [-0.2, -0.15) is 13.2 Å².